The van der Waals surface area contributed by atoms with Crippen molar-refractivity contribution in [2.75, 3.05) is 6.61 Å². The predicted octanol–water partition coefficient (Wildman–Crippen LogP) is 3.04. The maximum absolute atomic E-state index is 12.5. The van der Waals surface area contributed by atoms with Gasteiger partial charge in [-0.1, -0.05) is 0 Å². The van der Waals surface area contributed by atoms with Gasteiger partial charge >= 0.3 is 0 Å². The average Bonchev–Trinajstić information content (AvgIpc) is 2.67. The Hall–Kier alpha value is -0.680. The smallest absolute Gasteiger partial charge is 0.170 e. The van der Waals surface area contributed by atoms with E-state index in [0.29, 0.717) is 13.0 Å². The van der Waals surface area contributed by atoms with Gasteiger partial charge in [0, 0.05) is 13.2 Å². The molecule has 106 valence electrons. The minimum atomic E-state index is -0.617. The zero-order valence-electron chi connectivity index (χ0n) is 11.8. The van der Waals surface area contributed by atoms with Gasteiger partial charge in [0.05, 0.1) is 22.3 Å². The number of hydrogen-bond donors (Lipinski definition) is 0. The minimum absolute atomic E-state index is 0.155. The lowest BCUT2D eigenvalue weighted by atomic mass is 9.89. The van der Waals surface area contributed by atoms with Crippen LogP contribution in [0.15, 0.2) is 4.47 Å². The van der Waals surface area contributed by atoms with Crippen LogP contribution in [0.2, 0.25) is 0 Å². The van der Waals surface area contributed by atoms with Crippen molar-refractivity contribution >= 4 is 21.7 Å². The van der Waals surface area contributed by atoms with E-state index in [2.05, 4.69) is 21.0 Å². The lowest BCUT2D eigenvalue weighted by Crippen LogP contribution is -2.42. The van der Waals surface area contributed by atoms with E-state index < -0.39 is 5.60 Å². The number of carbonyl (C=O) groups excluding carboxylic acids is 1. The molecule has 1 atom stereocenters. The van der Waals surface area contributed by atoms with Crippen LogP contribution < -0.4 is 0 Å². The number of halogens is 1. The van der Waals surface area contributed by atoms with Crippen molar-refractivity contribution in [3.63, 3.8) is 0 Å². The Bertz CT molecular complexity index is 476. The molecule has 0 radical (unpaired) electrons. The number of ether oxygens (including phenoxy) is 1. The summed E-state index contributed by atoms with van der Waals surface area (Å²) in [6, 6.07) is 0. The number of carbonyl (C=O) groups is 1. The summed E-state index contributed by atoms with van der Waals surface area (Å²) in [5, 5.41) is 4.43. The Morgan fingerprint density at radius 1 is 1.53 bits per heavy atom. The molecular formula is C14H21BrN2O2. The zero-order valence-corrected chi connectivity index (χ0v) is 13.4. The molecular weight excluding hydrogens is 308 g/mol. The molecule has 0 aliphatic carbocycles. The van der Waals surface area contributed by atoms with E-state index in [-0.39, 0.29) is 5.78 Å². The highest BCUT2D eigenvalue weighted by molar-refractivity contribution is 9.10. The summed E-state index contributed by atoms with van der Waals surface area (Å²) in [5.41, 5.74) is 1.27. The van der Waals surface area contributed by atoms with Gasteiger partial charge in [-0.05, 0) is 56.0 Å². The van der Waals surface area contributed by atoms with Crippen LogP contribution in [-0.4, -0.2) is 27.8 Å². The van der Waals surface area contributed by atoms with Crippen LogP contribution in [0.25, 0.3) is 0 Å². The van der Waals surface area contributed by atoms with E-state index in [4.69, 9.17) is 4.74 Å². The molecule has 1 aliphatic rings. The molecule has 5 heteroatoms. The molecule has 0 spiro atoms. The van der Waals surface area contributed by atoms with Gasteiger partial charge in [-0.25, -0.2) is 0 Å². The Balaban J connectivity index is 2.18. The maximum Gasteiger partial charge on any atom is 0.170 e. The fourth-order valence-corrected chi connectivity index (χ4v) is 2.96. The third-order valence-electron chi connectivity index (χ3n) is 3.84. The van der Waals surface area contributed by atoms with Gasteiger partial charge in [-0.3, -0.25) is 9.48 Å². The van der Waals surface area contributed by atoms with Gasteiger partial charge in [0.1, 0.15) is 5.60 Å². The van der Waals surface area contributed by atoms with Crippen LogP contribution in [0, 0.1) is 6.92 Å². The van der Waals surface area contributed by atoms with Crippen LogP contribution in [0.5, 0.6) is 0 Å². The van der Waals surface area contributed by atoms with E-state index in [1.165, 1.54) is 0 Å². The van der Waals surface area contributed by atoms with Crippen molar-refractivity contribution in [2.45, 2.75) is 58.6 Å². The maximum atomic E-state index is 12.5. The molecule has 0 bridgehead atoms. The molecule has 2 rings (SSSR count). The zero-order chi connectivity index (χ0) is 14.0. The molecule has 0 aromatic carbocycles. The number of hydrogen-bond acceptors (Lipinski definition) is 3. The molecule has 19 heavy (non-hydrogen) atoms. The topological polar surface area (TPSA) is 44.1 Å². The van der Waals surface area contributed by atoms with E-state index in [1.54, 1.807) is 0 Å². The molecule has 1 aliphatic heterocycles. The third kappa shape index (κ3) is 2.92. The highest BCUT2D eigenvalue weighted by atomic mass is 79.9. The van der Waals surface area contributed by atoms with Crippen molar-refractivity contribution in [3.05, 3.63) is 15.9 Å². The first-order valence-electron chi connectivity index (χ1n) is 6.87. The molecule has 0 amide bonds. The second-order valence-electron chi connectivity index (χ2n) is 5.30. The van der Waals surface area contributed by atoms with E-state index in [9.17, 15) is 4.79 Å². The van der Waals surface area contributed by atoms with Crippen LogP contribution in [-0.2, 0) is 22.5 Å². The Labute approximate surface area is 122 Å². The molecule has 1 saturated heterocycles. The van der Waals surface area contributed by atoms with Crippen LogP contribution >= 0.6 is 15.9 Å². The first kappa shape index (κ1) is 14.7. The SMILES string of the molecule is CCn1nc(C)c(Br)c1CC(=O)C1(C)CCCCO1. The summed E-state index contributed by atoms with van der Waals surface area (Å²) in [6.45, 7) is 7.36. The fourth-order valence-electron chi connectivity index (χ4n) is 2.53. The highest BCUT2D eigenvalue weighted by Gasteiger charge is 2.36. The third-order valence-corrected chi connectivity index (χ3v) is 4.87. The summed E-state index contributed by atoms with van der Waals surface area (Å²) in [4.78, 5) is 12.5. The minimum Gasteiger partial charge on any atom is -0.367 e. The Kier molecular flexibility index (Phi) is 4.46. The van der Waals surface area contributed by atoms with Crippen molar-refractivity contribution in [1.29, 1.82) is 0 Å². The van der Waals surface area contributed by atoms with Gasteiger partial charge < -0.3 is 4.74 Å². The van der Waals surface area contributed by atoms with Crippen molar-refractivity contribution in [1.82, 2.24) is 9.78 Å². The summed E-state index contributed by atoms with van der Waals surface area (Å²) in [7, 11) is 0. The Morgan fingerprint density at radius 3 is 2.84 bits per heavy atom. The van der Waals surface area contributed by atoms with Gasteiger partial charge in [0.2, 0.25) is 0 Å². The normalized spacial score (nSPS) is 23.6. The van der Waals surface area contributed by atoms with Crippen LogP contribution in [0.1, 0.15) is 44.5 Å². The van der Waals surface area contributed by atoms with E-state index >= 15 is 0 Å². The number of ketones is 1. The van der Waals surface area contributed by atoms with Crippen molar-refractivity contribution in [3.8, 4) is 0 Å². The van der Waals surface area contributed by atoms with E-state index in [0.717, 1.165) is 41.7 Å². The fraction of sp³-hybridized carbons (Fsp3) is 0.714. The molecule has 1 unspecified atom stereocenters. The Morgan fingerprint density at radius 2 is 2.26 bits per heavy atom. The van der Waals surface area contributed by atoms with Gasteiger partial charge in [0.25, 0.3) is 0 Å². The summed E-state index contributed by atoms with van der Waals surface area (Å²) in [5.74, 6) is 0.155. The molecule has 1 aromatic heterocycles. The molecule has 4 nitrogen and oxygen atoms in total. The lowest BCUT2D eigenvalue weighted by Gasteiger charge is -2.32. The van der Waals surface area contributed by atoms with Gasteiger partial charge in [-0.2, -0.15) is 5.10 Å². The second-order valence-corrected chi connectivity index (χ2v) is 6.09. The first-order chi connectivity index (χ1) is 8.98. The number of aromatic nitrogens is 2. The average molecular weight is 329 g/mol. The molecule has 1 aromatic rings. The summed E-state index contributed by atoms with van der Waals surface area (Å²) in [6.07, 6.45) is 3.32. The van der Waals surface area contributed by atoms with Crippen LogP contribution in [0.3, 0.4) is 0 Å². The second kappa shape index (κ2) is 5.75. The lowest BCUT2D eigenvalue weighted by molar-refractivity contribution is -0.147. The molecule has 0 saturated carbocycles. The number of aryl methyl sites for hydroxylation is 2. The predicted molar refractivity (Wildman–Crippen MR) is 77.3 cm³/mol. The quantitative estimate of drug-likeness (QED) is 0.853. The number of Topliss-reactive ketones (excluding diaryl/α,β-unsaturated/α-hetero) is 1. The van der Waals surface area contributed by atoms with E-state index in [1.807, 2.05) is 25.5 Å². The summed E-state index contributed by atoms with van der Waals surface area (Å²) >= 11 is 3.54. The van der Waals surface area contributed by atoms with Gasteiger partial charge in [0.15, 0.2) is 5.78 Å². The summed E-state index contributed by atoms with van der Waals surface area (Å²) < 4.78 is 8.56. The molecule has 1 fully saturated rings. The highest BCUT2D eigenvalue weighted by Crippen LogP contribution is 2.29. The van der Waals surface area contributed by atoms with Crippen LogP contribution in [0.4, 0.5) is 0 Å². The number of nitrogens with zero attached hydrogens (tertiary/aromatic N) is 2. The van der Waals surface area contributed by atoms with Gasteiger partial charge in [-0.15, -0.1) is 0 Å². The van der Waals surface area contributed by atoms with Crippen molar-refractivity contribution < 1.29 is 9.53 Å². The molecule has 0 N–H and O–H groups in total. The monoisotopic (exact) mass is 328 g/mol. The van der Waals surface area contributed by atoms with Crippen molar-refractivity contribution in [2.24, 2.45) is 0 Å². The largest absolute Gasteiger partial charge is 0.367 e. The molecule has 2 heterocycles. The first-order valence-corrected chi connectivity index (χ1v) is 7.66. The standard InChI is InChI=1S/C14H21BrN2O2/c1-4-17-11(13(15)10(2)16-17)9-12(18)14(3)7-5-6-8-19-14/h4-9H2,1-3H3. The number of rotatable bonds is 4.